The van der Waals surface area contributed by atoms with Gasteiger partial charge in [-0.3, -0.25) is 0 Å². The number of hydrogen-bond acceptors (Lipinski definition) is 2. The van der Waals surface area contributed by atoms with Crippen molar-refractivity contribution >= 4 is 17.1 Å². The van der Waals surface area contributed by atoms with Gasteiger partial charge in [-0.1, -0.05) is 24.6 Å². The first-order chi connectivity index (χ1) is 9.19. The van der Waals surface area contributed by atoms with E-state index in [2.05, 4.69) is 46.5 Å². The van der Waals surface area contributed by atoms with E-state index in [0.29, 0.717) is 11.1 Å². The van der Waals surface area contributed by atoms with E-state index in [1.54, 1.807) is 0 Å². The summed E-state index contributed by atoms with van der Waals surface area (Å²) in [5.41, 5.74) is 2.27. The fourth-order valence-corrected chi connectivity index (χ4v) is 3.21. The van der Waals surface area contributed by atoms with Crippen LogP contribution < -0.4 is 0 Å². The fraction of sp³-hybridized carbons (Fsp3) is 0.533. The minimum absolute atomic E-state index is 0.532. The Balaban J connectivity index is 1.95. The second-order valence-corrected chi connectivity index (χ2v) is 5.79. The van der Waals surface area contributed by atoms with Crippen LogP contribution in [0.4, 0.5) is 0 Å². The first-order valence-corrected chi connectivity index (χ1v) is 7.43. The van der Waals surface area contributed by atoms with E-state index in [1.165, 1.54) is 31.5 Å². The van der Waals surface area contributed by atoms with Crippen LogP contribution in [0.15, 0.2) is 18.3 Å². The SMILES string of the molecule is CCN1CCC(c2nc(Cl)c3ccc(C)cn23)CC1. The molecule has 4 heteroatoms. The lowest BCUT2D eigenvalue weighted by molar-refractivity contribution is 0.219. The van der Waals surface area contributed by atoms with E-state index in [0.717, 1.165) is 17.9 Å². The second kappa shape index (κ2) is 5.14. The summed E-state index contributed by atoms with van der Waals surface area (Å²) >= 11 is 6.26. The fourth-order valence-electron chi connectivity index (χ4n) is 2.97. The van der Waals surface area contributed by atoms with Crippen LogP contribution in [0.25, 0.3) is 5.52 Å². The highest BCUT2D eigenvalue weighted by atomic mass is 35.5. The zero-order valence-electron chi connectivity index (χ0n) is 11.6. The summed E-state index contributed by atoms with van der Waals surface area (Å²) in [5.74, 6) is 1.67. The van der Waals surface area contributed by atoms with Gasteiger partial charge in [-0.05, 0) is 51.0 Å². The number of fused-ring (bicyclic) bond motifs is 1. The van der Waals surface area contributed by atoms with E-state index in [9.17, 15) is 0 Å². The molecule has 0 saturated carbocycles. The van der Waals surface area contributed by atoms with Crippen LogP contribution in [-0.2, 0) is 0 Å². The third-order valence-corrected chi connectivity index (χ3v) is 4.45. The van der Waals surface area contributed by atoms with Gasteiger partial charge in [0.2, 0.25) is 0 Å². The molecule has 1 fully saturated rings. The summed E-state index contributed by atoms with van der Waals surface area (Å²) in [4.78, 5) is 7.11. The Morgan fingerprint density at radius 3 is 2.74 bits per heavy atom. The number of pyridine rings is 1. The van der Waals surface area contributed by atoms with Crippen LogP contribution in [0.2, 0.25) is 5.15 Å². The molecule has 0 unspecified atom stereocenters. The van der Waals surface area contributed by atoms with Crippen LogP contribution in [0.1, 0.15) is 37.1 Å². The molecule has 2 aromatic rings. The van der Waals surface area contributed by atoms with Crippen molar-refractivity contribution in [3.63, 3.8) is 0 Å². The molecule has 19 heavy (non-hydrogen) atoms. The maximum absolute atomic E-state index is 6.26. The van der Waals surface area contributed by atoms with Crippen molar-refractivity contribution in [3.8, 4) is 0 Å². The number of imidazole rings is 1. The van der Waals surface area contributed by atoms with Crippen molar-refractivity contribution in [2.75, 3.05) is 19.6 Å². The number of halogens is 1. The van der Waals surface area contributed by atoms with Crippen molar-refractivity contribution in [2.45, 2.75) is 32.6 Å². The number of piperidine rings is 1. The third-order valence-electron chi connectivity index (χ3n) is 4.17. The molecule has 102 valence electrons. The van der Waals surface area contributed by atoms with E-state index in [-0.39, 0.29) is 0 Å². The Kier molecular flexibility index (Phi) is 3.50. The molecule has 3 nitrogen and oxygen atoms in total. The number of rotatable bonds is 2. The lowest BCUT2D eigenvalue weighted by Gasteiger charge is -2.30. The normalized spacial score (nSPS) is 18.3. The third kappa shape index (κ3) is 2.37. The molecule has 0 spiro atoms. The topological polar surface area (TPSA) is 20.5 Å². The van der Waals surface area contributed by atoms with Crippen molar-refractivity contribution in [2.24, 2.45) is 0 Å². The van der Waals surface area contributed by atoms with Crippen molar-refractivity contribution in [1.82, 2.24) is 14.3 Å². The summed E-state index contributed by atoms with van der Waals surface area (Å²) in [6.07, 6.45) is 4.50. The van der Waals surface area contributed by atoms with E-state index < -0.39 is 0 Å². The van der Waals surface area contributed by atoms with Crippen LogP contribution in [-0.4, -0.2) is 33.9 Å². The zero-order valence-corrected chi connectivity index (χ0v) is 12.3. The standard InChI is InChI=1S/C15H20ClN3/c1-3-18-8-6-12(7-9-18)15-17-14(16)13-5-4-11(2)10-19(13)15/h4-5,10,12H,3,6-9H2,1-2H3. The molecule has 0 aliphatic carbocycles. The number of likely N-dealkylation sites (tertiary alicyclic amines) is 1. The smallest absolute Gasteiger partial charge is 0.155 e. The van der Waals surface area contributed by atoms with Gasteiger partial charge in [-0.15, -0.1) is 0 Å². The van der Waals surface area contributed by atoms with Gasteiger partial charge in [0, 0.05) is 12.1 Å². The molecule has 3 rings (SSSR count). The molecule has 0 atom stereocenters. The molecule has 2 aromatic heterocycles. The van der Waals surface area contributed by atoms with Crippen LogP contribution in [0.3, 0.4) is 0 Å². The van der Waals surface area contributed by atoms with Gasteiger partial charge < -0.3 is 9.30 Å². The lowest BCUT2D eigenvalue weighted by atomic mass is 9.96. The summed E-state index contributed by atoms with van der Waals surface area (Å²) in [7, 11) is 0. The Hall–Kier alpha value is -1.06. The zero-order chi connectivity index (χ0) is 13.4. The second-order valence-electron chi connectivity index (χ2n) is 5.43. The first-order valence-electron chi connectivity index (χ1n) is 7.05. The Labute approximate surface area is 119 Å². The predicted molar refractivity (Wildman–Crippen MR) is 79.0 cm³/mol. The Bertz CT molecular complexity index is 582. The Morgan fingerprint density at radius 1 is 1.32 bits per heavy atom. The van der Waals surface area contributed by atoms with Crippen LogP contribution >= 0.6 is 11.6 Å². The first kappa shape index (κ1) is 12.9. The number of aryl methyl sites for hydroxylation is 1. The highest BCUT2D eigenvalue weighted by molar-refractivity contribution is 6.32. The highest BCUT2D eigenvalue weighted by Crippen LogP contribution is 2.30. The molecule has 0 N–H and O–H groups in total. The molecular weight excluding hydrogens is 258 g/mol. The predicted octanol–water partition coefficient (Wildman–Crippen LogP) is 3.50. The van der Waals surface area contributed by atoms with E-state index in [4.69, 9.17) is 11.6 Å². The minimum Gasteiger partial charge on any atom is -0.304 e. The van der Waals surface area contributed by atoms with Crippen molar-refractivity contribution in [1.29, 1.82) is 0 Å². The average Bonchev–Trinajstić information content (AvgIpc) is 2.75. The highest BCUT2D eigenvalue weighted by Gasteiger charge is 2.24. The molecule has 0 aromatic carbocycles. The van der Waals surface area contributed by atoms with Crippen molar-refractivity contribution in [3.05, 3.63) is 34.9 Å². The summed E-state index contributed by atoms with van der Waals surface area (Å²) in [5, 5.41) is 0.632. The van der Waals surface area contributed by atoms with Gasteiger partial charge in [0.05, 0.1) is 5.52 Å². The maximum atomic E-state index is 6.26. The largest absolute Gasteiger partial charge is 0.304 e. The molecule has 3 heterocycles. The minimum atomic E-state index is 0.532. The number of nitrogens with zero attached hydrogens (tertiary/aromatic N) is 3. The van der Waals surface area contributed by atoms with Gasteiger partial charge in [0.1, 0.15) is 5.82 Å². The van der Waals surface area contributed by atoms with Gasteiger partial charge in [-0.25, -0.2) is 4.98 Å². The van der Waals surface area contributed by atoms with Crippen molar-refractivity contribution < 1.29 is 0 Å². The van der Waals surface area contributed by atoms with Gasteiger partial charge >= 0.3 is 0 Å². The summed E-state index contributed by atoms with van der Waals surface area (Å²) in [6, 6.07) is 4.15. The molecule has 0 bridgehead atoms. The number of aromatic nitrogens is 2. The number of hydrogen-bond donors (Lipinski definition) is 0. The molecule has 1 aliphatic rings. The quantitative estimate of drug-likeness (QED) is 0.838. The Morgan fingerprint density at radius 2 is 2.05 bits per heavy atom. The van der Waals surface area contributed by atoms with Gasteiger partial charge in [0.25, 0.3) is 0 Å². The van der Waals surface area contributed by atoms with E-state index in [1.807, 2.05) is 0 Å². The molecule has 0 radical (unpaired) electrons. The average molecular weight is 278 g/mol. The maximum Gasteiger partial charge on any atom is 0.155 e. The molecular formula is C15H20ClN3. The van der Waals surface area contributed by atoms with Gasteiger partial charge in [-0.2, -0.15) is 0 Å². The van der Waals surface area contributed by atoms with Gasteiger partial charge in [0.15, 0.2) is 5.15 Å². The monoisotopic (exact) mass is 277 g/mol. The lowest BCUT2D eigenvalue weighted by Crippen LogP contribution is -2.33. The summed E-state index contributed by atoms with van der Waals surface area (Å²) in [6.45, 7) is 7.82. The van der Waals surface area contributed by atoms with E-state index >= 15 is 0 Å². The van der Waals surface area contributed by atoms with Crippen LogP contribution in [0.5, 0.6) is 0 Å². The van der Waals surface area contributed by atoms with Crippen LogP contribution in [0, 0.1) is 6.92 Å². The molecule has 0 amide bonds. The summed E-state index contributed by atoms with van der Waals surface area (Å²) < 4.78 is 2.18. The molecule has 1 saturated heterocycles. The molecule has 1 aliphatic heterocycles.